The molecular formula is C34H53F2N5O11P-. The first-order chi connectivity index (χ1) is 25.3. The van der Waals surface area contributed by atoms with Crippen LogP contribution in [-0.4, -0.2) is 71.8 Å². The predicted octanol–water partition coefficient (Wildman–Crippen LogP) is 3.36. The number of nitrogens with zero attached hydrogens (tertiary/aromatic N) is 3. The van der Waals surface area contributed by atoms with Gasteiger partial charge in [-0.15, -0.1) is 0 Å². The van der Waals surface area contributed by atoms with E-state index in [9.17, 15) is 43.3 Å². The Balaban J connectivity index is 1.30. The van der Waals surface area contributed by atoms with E-state index in [1.807, 2.05) is 0 Å². The smallest absolute Gasteiger partial charge is 0.351 e. The van der Waals surface area contributed by atoms with E-state index >= 15 is 4.39 Å². The van der Waals surface area contributed by atoms with Crippen molar-refractivity contribution >= 4 is 13.6 Å². The number of anilines is 1. The highest BCUT2D eigenvalue weighted by atomic mass is 31.2. The first kappa shape index (κ1) is 42.9. The molecular weight excluding hydrogens is 723 g/mol. The highest BCUT2D eigenvalue weighted by molar-refractivity contribution is 7.44. The molecule has 0 amide bonds. The predicted molar refractivity (Wildman–Crippen MR) is 187 cm³/mol. The lowest BCUT2D eigenvalue weighted by Crippen LogP contribution is -2.45. The van der Waals surface area contributed by atoms with Crippen LogP contribution in [0.15, 0.2) is 26.8 Å². The summed E-state index contributed by atoms with van der Waals surface area (Å²) in [6.45, 7) is 1.85. The minimum absolute atomic E-state index is 0.251. The van der Waals surface area contributed by atoms with E-state index in [1.54, 1.807) is 4.98 Å². The maximum Gasteiger partial charge on any atom is 0.351 e. The van der Waals surface area contributed by atoms with Crippen molar-refractivity contribution in [2.24, 2.45) is 5.92 Å². The Morgan fingerprint density at radius 2 is 1.51 bits per heavy atom. The van der Waals surface area contributed by atoms with Gasteiger partial charge >= 0.3 is 11.4 Å². The first-order valence-electron chi connectivity index (χ1n) is 18.7. The standard InChI is InChI=1S/C34H54F2N5O11P/c1-2-3-4-5-6-7-8-9-10-11-12-13-14-15-16-37-31-23(35)19-40(33(45)38-31)28-18-25(43)30(51-28)29(52-53(47,48)49)22-17-27(50-26(22)21-42)41-20-24(36)32(44)39-34(41)46/h19-20,22,25-30,42-43H,2-18,21H2,1H3,(H,37,38,45)(H,39,44,46)(H2,47,48,49)/p-1. The molecule has 4 heterocycles. The molecule has 2 aliphatic rings. The van der Waals surface area contributed by atoms with Gasteiger partial charge in [0.05, 0.1) is 31.2 Å². The normalized spacial score (nSPS) is 24.7. The average Bonchev–Trinajstić information content (AvgIpc) is 3.71. The Morgan fingerprint density at radius 3 is 2.09 bits per heavy atom. The fourth-order valence-electron chi connectivity index (χ4n) is 7.10. The molecule has 0 bridgehead atoms. The lowest BCUT2D eigenvalue weighted by molar-refractivity contribution is -0.234. The van der Waals surface area contributed by atoms with Crippen LogP contribution in [0.25, 0.3) is 0 Å². The van der Waals surface area contributed by atoms with Crippen LogP contribution in [0, 0.1) is 17.6 Å². The second kappa shape index (κ2) is 20.7. The molecule has 5 N–H and O–H groups in total. The summed E-state index contributed by atoms with van der Waals surface area (Å²) in [6, 6.07) is 0. The van der Waals surface area contributed by atoms with Gasteiger partial charge in [-0.25, -0.2) is 14.0 Å². The molecule has 0 radical (unpaired) electrons. The molecule has 2 aliphatic heterocycles. The van der Waals surface area contributed by atoms with Crippen LogP contribution >= 0.6 is 7.82 Å². The molecule has 8 atom stereocenters. The summed E-state index contributed by atoms with van der Waals surface area (Å²) in [5.74, 6) is -3.65. The second-order valence-corrected chi connectivity index (χ2v) is 15.1. The Labute approximate surface area is 306 Å². The monoisotopic (exact) mass is 776 g/mol. The summed E-state index contributed by atoms with van der Waals surface area (Å²) in [6.07, 6.45) is 8.63. The van der Waals surface area contributed by atoms with Gasteiger partial charge in [0.15, 0.2) is 11.6 Å². The van der Waals surface area contributed by atoms with E-state index < -0.39 is 85.8 Å². The van der Waals surface area contributed by atoms with Crippen LogP contribution in [-0.2, 0) is 18.6 Å². The lowest BCUT2D eigenvalue weighted by atomic mass is 9.89. The van der Waals surface area contributed by atoms with Crippen molar-refractivity contribution in [1.82, 2.24) is 19.1 Å². The molecule has 0 saturated carbocycles. The van der Waals surface area contributed by atoms with Gasteiger partial charge < -0.3 is 39.3 Å². The summed E-state index contributed by atoms with van der Waals surface area (Å²) in [4.78, 5) is 63.9. The lowest BCUT2D eigenvalue weighted by Gasteiger charge is -2.34. The molecule has 0 spiro atoms. The molecule has 2 fully saturated rings. The molecule has 16 nitrogen and oxygen atoms in total. The summed E-state index contributed by atoms with van der Waals surface area (Å²) >= 11 is 0. The number of hydrogen-bond acceptors (Lipinski definition) is 12. The van der Waals surface area contributed by atoms with Gasteiger partial charge in [0.2, 0.25) is 5.82 Å². The van der Waals surface area contributed by atoms with Gasteiger partial charge in [-0.1, -0.05) is 90.4 Å². The van der Waals surface area contributed by atoms with E-state index in [0.717, 1.165) is 36.4 Å². The number of hydrogen-bond donors (Lipinski definition) is 5. The van der Waals surface area contributed by atoms with Gasteiger partial charge in [-0.3, -0.25) is 23.5 Å². The van der Waals surface area contributed by atoms with Crippen molar-refractivity contribution in [1.29, 1.82) is 0 Å². The third-order valence-electron chi connectivity index (χ3n) is 9.88. The fourth-order valence-corrected chi connectivity index (χ4v) is 7.69. The molecule has 2 saturated heterocycles. The fraction of sp³-hybridized carbons (Fsp3) is 0.765. The number of halogens is 2. The molecule has 4 rings (SSSR count). The van der Waals surface area contributed by atoms with Crippen LogP contribution < -0.4 is 27.1 Å². The maximum atomic E-state index is 15.1. The van der Waals surface area contributed by atoms with Crippen LogP contribution in [0.3, 0.4) is 0 Å². The zero-order valence-electron chi connectivity index (χ0n) is 30.1. The molecule has 300 valence electrons. The Bertz CT molecular complexity index is 1670. The highest BCUT2D eigenvalue weighted by Gasteiger charge is 2.51. The van der Waals surface area contributed by atoms with Crippen LogP contribution in [0.4, 0.5) is 14.6 Å². The quantitative estimate of drug-likeness (QED) is 0.0807. The van der Waals surface area contributed by atoms with Gasteiger partial charge in [-0.2, -0.15) is 9.37 Å². The number of H-pyrrole nitrogens is 1. The number of phosphoric acid groups is 1. The number of unbranched alkanes of at least 4 members (excludes halogenated alkanes) is 13. The number of aromatic amines is 1. The van der Waals surface area contributed by atoms with Crippen molar-refractivity contribution in [2.75, 3.05) is 18.5 Å². The number of ether oxygens (including phenoxy) is 2. The number of nitrogens with one attached hydrogen (secondary N) is 2. The molecule has 0 aromatic carbocycles. The number of aliphatic hydroxyl groups is 2. The van der Waals surface area contributed by atoms with Crippen molar-refractivity contribution in [2.45, 2.75) is 147 Å². The highest BCUT2D eigenvalue weighted by Crippen LogP contribution is 2.46. The van der Waals surface area contributed by atoms with Crippen LogP contribution in [0.5, 0.6) is 0 Å². The minimum atomic E-state index is -5.56. The van der Waals surface area contributed by atoms with E-state index in [0.29, 0.717) is 17.3 Å². The van der Waals surface area contributed by atoms with Crippen molar-refractivity contribution in [3.63, 3.8) is 0 Å². The summed E-state index contributed by atoms with van der Waals surface area (Å²) in [5, 5.41) is 23.8. The maximum absolute atomic E-state index is 15.1. The summed E-state index contributed by atoms with van der Waals surface area (Å²) < 4.78 is 58.9. The SMILES string of the molecule is CCCCCCCCCCCCCCCCNc1nc(=O)n(C2CC(O)C(C(OP(=O)([O-])O)C3CC(n4cc(F)c(=O)[nH]c4=O)OC3CO)O2)cc1F. The van der Waals surface area contributed by atoms with E-state index in [-0.39, 0.29) is 18.7 Å². The Morgan fingerprint density at radius 1 is 0.943 bits per heavy atom. The number of rotatable bonds is 23. The average molecular weight is 777 g/mol. The van der Waals surface area contributed by atoms with Crippen molar-refractivity contribution in [3.05, 3.63) is 55.4 Å². The van der Waals surface area contributed by atoms with E-state index in [2.05, 4.69) is 17.2 Å². The van der Waals surface area contributed by atoms with Gasteiger partial charge in [0.1, 0.15) is 24.7 Å². The third-order valence-corrected chi connectivity index (χ3v) is 10.4. The van der Waals surface area contributed by atoms with Crippen LogP contribution in [0.1, 0.15) is 122 Å². The van der Waals surface area contributed by atoms with E-state index in [4.69, 9.17) is 14.0 Å². The zero-order valence-corrected chi connectivity index (χ0v) is 31.0. The Kier molecular flexibility index (Phi) is 16.8. The summed E-state index contributed by atoms with van der Waals surface area (Å²) in [5.41, 5.74) is -3.26. The zero-order chi connectivity index (χ0) is 38.5. The van der Waals surface area contributed by atoms with Gasteiger partial charge in [0, 0.05) is 25.3 Å². The summed E-state index contributed by atoms with van der Waals surface area (Å²) in [7, 11) is -5.56. The second-order valence-electron chi connectivity index (χ2n) is 13.9. The molecule has 0 aliphatic carbocycles. The molecule has 8 unspecified atom stereocenters. The van der Waals surface area contributed by atoms with Gasteiger partial charge in [0.25, 0.3) is 13.4 Å². The van der Waals surface area contributed by atoms with Crippen molar-refractivity contribution < 1.29 is 47.3 Å². The van der Waals surface area contributed by atoms with Crippen molar-refractivity contribution in [3.8, 4) is 0 Å². The van der Waals surface area contributed by atoms with Crippen LogP contribution in [0.2, 0.25) is 0 Å². The largest absolute Gasteiger partial charge is 0.756 e. The number of aliphatic hydroxyl groups excluding tert-OH is 2. The molecule has 53 heavy (non-hydrogen) atoms. The molecule has 19 heteroatoms. The Hall–Kier alpha value is -2.83. The molecule has 2 aromatic heterocycles. The topological polar surface area (TPSA) is 230 Å². The third kappa shape index (κ3) is 12.6. The van der Waals surface area contributed by atoms with E-state index in [1.165, 1.54) is 64.2 Å². The molecule has 2 aromatic rings. The number of phosphoric ester groups is 1. The first-order valence-corrected chi connectivity index (χ1v) is 20.2. The van der Waals surface area contributed by atoms with Gasteiger partial charge in [-0.05, 0) is 6.42 Å². The number of aromatic nitrogens is 4. The minimum Gasteiger partial charge on any atom is -0.756 e.